The van der Waals surface area contributed by atoms with Crippen LogP contribution in [0.25, 0.3) is 0 Å². The molecule has 1 heterocycles. The first-order valence-electron chi connectivity index (χ1n) is 5.71. The zero-order valence-corrected chi connectivity index (χ0v) is 10.4. The number of furan rings is 1. The first kappa shape index (κ1) is 13.2. The van der Waals surface area contributed by atoms with Crippen molar-refractivity contribution in [1.82, 2.24) is 4.90 Å². The van der Waals surface area contributed by atoms with Crippen molar-refractivity contribution in [2.45, 2.75) is 33.0 Å². The lowest BCUT2D eigenvalue weighted by Gasteiger charge is -2.27. The number of nitrogens with zero attached hydrogens (tertiary/aromatic N) is 1. The molecule has 16 heavy (non-hydrogen) atoms. The first-order chi connectivity index (χ1) is 7.72. The Balaban J connectivity index is 2.62. The molecular formula is C12H22N2O2. The minimum atomic E-state index is 0.399. The third-order valence-corrected chi connectivity index (χ3v) is 2.83. The average molecular weight is 226 g/mol. The summed E-state index contributed by atoms with van der Waals surface area (Å²) in [5.74, 6) is 0.878. The van der Waals surface area contributed by atoms with Crippen molar-refractivity contribution in [2.24, 2.45) is 5.73 Å². The van der Waals surface area contributed by atoms with Gasteiger partial charge in [0.15, 0.2) is 0 Å². The van der Waals surface area contributed by atoms with E-state index in [1.54, 1.807) is 13.4 Å². The van der Waals surface area contributed by atoms with Crippen molar-refractivity contribution >= 4 is 0 Å². The van der Waals surface area contributed by atoms with Crippen molar-refractivity contribution < 1.29 is 9.15 Å². The fourth-order valence-electron chi connectivity index (χ4n) is 1.83. The number of ether oxygens (including phenoxy) is 1. The van der Waals surface area contributed by atoms with Crippen LogP contribution in [0.5, 0.6) is 0 Å². The standard InChI is InChI=1S/C12H22N2O2/c1-4-14(10(2)9-15-3)8-11-5-6-16-12(11)7-13/h5-6,10H,4,7-9,13H2,1-3H3. The molecule has 0 bridgehead atoms. The normalized spacial score (nSPS) is 13.3. The number of rotatable bonds is 7. The van der Waals surface area contributed by atoms with Crippen LogP contribution >= 0.6 is 0 Å². The van der Waals surface area contributed by atoms with Crippen LogP contribution in [0, 0.1) is 0 Å². The van der Waals surface area contributed by atoms with Crippen molar-refractivity contribution in [3.05, 3.63) is 23.7 Å². The number of hydrogen-bond donors (Lipinski definition) is 1. The van der Waals surface area contributed by atoms with E-state index < -0.39 is 0 Å². The van der Waals surface area contributed by atoms with E-state index in [-0.39, 0.29) is 0 Å². The molecule has 0 aromatic carbocycles. The summed E-state index contributed by atoms with van der Waals surface area (Å²) in [6.45, 7) is 7.36. The molecule has 0 aliphatic carbocycles. The molecular weight excluding hydrogens is 204 g/mol. The smallest absolute Gasteiger partial charge is 0.121 e. The number of hydrogen-bond acceptors (Lipinski definition) is 4. The van der Waals surface area contributed by atoms with E-state index in [0.717, 1.165) is 25.5 Å². The van der Waals surface area contributed by atoms with Gasteiger partial charge in [0.25, 0.3) is 0 Å². The molecule has 1 aromatic rings. The highest BCUT2D eigenvalue weighted by molar-refractivity contribution is 5.16. The number of nitrogens with two attached hydrogens (primary N) is 1. The molecule has 0 aliphatic heterocycles. The van der Waals surface area contributed by atoms with Gasteiger partial charge >= 0.3 is 0 Å². The monoisotopic (exact) mass is 226 g/mol. The molecule has 0 radical (unpaired) electrons. The molecule has 1 atom stereocenters. The van der Waals surface area contributed by atoms with E-state index in [4.69, 9.17) is 14.9 Å². The predicted molar refractivity (Wildman–Crippen MR) is 64.0 cm³/mol. The lowest BCUT2D eigenvalue weighted by molar-refractivity contribution is 0.0978. The van der Waals surface area contributed by atoms with Crippen LogP contribution in [0.4, 0.5) is 0 Å². The largest absolute Gasteiger partial charge is 0.468 e. The minimum Gasteiger partial charge on any atom is -0.468 e. The Morgan fingerprint density at radius 1 is 1.56 bits per heavy atom. The van der Waals surface area contributed by atoms with E-state index >= 15 is 0 Å². The van der Waals surface area contributed by atoms with Gasteiger partial charge in [-0.2, -0.15) is 0 Å². The third-order valence-electron chi connectivity index (χ3n) is 2.83. The highest BCUT2D eigenvalue weighted by Gasteiger charge is 2.14. The quantitative estimate of drug-likeness (QED) is 0.767. The van der Waals surface area contributed by atoms with Crippen LogP contribution in [-0.4, -0.2) is 31.2 Å². The Hall–Kier alpha value is -0.840. The summed E-state index contributed by atoms with van der Waals surface area (Å²) < 4.78 is 10.5. The van der Waals surface area contributed by atoms with Crippen LogP contribution in [0.3, 0.4) is 0 Å². The van der Waals surface area contributed by atoms with Gasteiger partial charge in [-0.15, -0.1) is 0 Å². The second-order valence-electron chi connectivity index (χ2n) is 3.94. The molecule has 0 aliphatic rings. The molecule has 2 N–H and O–H groups in total. The summed E-state index contributed by atoms with van der Waals surface area (Å²) in [4.78, 5) is 2.34. The molecule has 4 nitrogen and oxygen atoms in total. The van der Waals surface area contributed by atoms with Crippen LogP contribution in [0.15, 0.2) is 16.7 Å². The molecule has 4 heteroatoms. The highest BCUT2D eigenvalue weighted by atomic mass is 16.5. The molecule has 1 rings (SSSR count). The van der Waals surface area contributed by atoms with Gasteiger partial charge in [-0.3, -0.25) is 4.90 Å². The highest BCUT2D eigenvalue weighted by Crippen LogP contribution is 2.14. The van der Waals surface area contributed by atoms with Gasteiger partial charge in [-0.25, -0.2) is 0 Å². The zero-order valence-electron chi connectivity index (χ0n) is 10.4. The third kappa shape index (κ3) is 3.33. The van der Waals surface area contributed by atoms with Crippen LogP contribution in [-0.2, 0) is 17.8 Å². The van der Waals surface area contributed by atoms with Crippen molar-refractivity contribution in [3.8, 4) is 0 Å². The molecule has 0 saturated heterocycles. The Morgan fingerprint density at radius 3 is 2.88 bits per heavy atom. The molecule has 0 saturated carbocycles. The second-order valence-corrected chi connectivity index (χ2v) is 3.94. The van der Waals surface area contributed by atoms with Gasteiger partial charge in [0.2, 0.25) is 0 Å². The summed E-state index contributed by atoms with van der Waals surface area (Å²) in [5.41, 5.74) is 6.78. The van der Waals surface area contributed by atoms with E-state index in [1.165, 1.54) is 5.56 Å². The topological polar surface area (TPSA) is 51.6 Å². The van der Waals surface area contributed by atoms with Gasteiger partial charge in [-0.1, -0.05) is 6.92 Å². The van der Waals surface area contributed by atoms with Gasteiger partial charge in [-0.05, 0) is 19.5 Å². The van der Waals surface area contributed by atoms with Crippen molar-refractivity contribution in [1.29, 1.82) is 0 Å². The van der Waals surface area contributed by atoms with E-state index in [2.05, 4.69) is 18.7 Å². The minimum absolute atomic E-state index is 0.399. The molecule has 0 fully saturated rings. The summed E-state index contributed by atoms with van der Waals surface area (Å²) in [7, 11) is 1.73. The fourth-order valence-corrected chi connectivity index (χ4v) is 1.83. The van der Waals surface area contributed by atoms with E-state index in [1.807, 2.05) is 6.07 Å². The maximum absolute atomic E-state index is 5.61. The van der Waals surface area contributed by atoms with E-state index in [0.29, 0.717) is 12.6 Å². The number of likely N-dealkylation sites (N-methyl/N-ethyl adjacent to an activating group) is 1. The molecule has 0 amide bonds. The molecule has 1 unspecified atom stereocenters. The van der Waals surface area contributed by atoms with Gasteiger partial charge in [0.1, 0.15) is 5.76 Å². The average Bonchev–Trinajstić information content (AvgIpc) is 2.73. The Labute approximate surface area is 97.4 Å². The number of methoxy groups -OCH3 is 1. The fraction of sp³-hybridized carbons (Fsp3) is 0.667. The summed E-state index contributed by atoms with van der Waals surface area (Å²) in [5, 5.41) is 0. The second kappa shape index (κ2) is 6.68. The van der Waals surface area contributed by atoms with E-state index in [9.17, 15) is 0 Å². The van der Waals surface area contributed by atoms with Gasteiger partial charge in [0.05, 0.1) is 19.4 Å². The van der Waals surface area contributed by atoms with Crippen LogP contribution < -0.4 is 5.73 Å². The van der Waals surface area contributed by atoms with Crippen LogP contribution in [0.1, 0.15) is 25.2 Å². The van der Waals surface area contributed by atoms with Gasteiger partial charge in [0, 0.05) is 25.3 Å². The maximum atomic E-state index is 5.61. The predicted octanol–water partition coefficient (Wildman–Crippen LogP) is 1.60. The Bertz CT molecular complexity index is 299. The molecule has 1 aromatic heterocycles. The van der Waals surface area contributed by atoms with Crippen molar-refractivity contribution in [2.75, 3.05) is 20.3 Å². The van der Waals surface area contributed by atoms with Gasteiger partial charge < -0.3 is 14.9 Å². The molecule has 0 spiro atoms. The summed E-state index contributed by atoms with van der Waals surface area (Å²) in [6.07, 6.45) is 1.70. The Morgan fingerprint density at radius 2 is 2.31 bits per heavy atom. The SMILES string of the molecule is CCN(Cc1ccoc1CN)C(C)COC. The lowest BCUT2D eigenvalue weighted by atomic mass is 10.2. The maximum Gasteiger partial charge on any atom is 0.121 e. The molecule has 92 valence electrons. The van der Waals surface area contributed by atoms with Crippen LogP contribution in [0.2, 0.25) is 0 Å². The summed E-state index contributed by atoms with van der Waals surface area (Å²) in [6, 6.07) is 2.39. The lowest BCUT2D eigenvalue weighted by Crippen LogP contribution is -2.35. The first-order valence-corrected chi connectivity index (χ1v) is 5.71. The summed E-state index contributed by atoms with van der Waals surface area (Å²) >= 11 is 0. The Kier molecular flexibility index (Phi) is 5.52. The zero-order chi connectivity index (χ0) is 12.0. The van der Waals surface area contributed by atoms with Crippen molar-refractivity contribution in [3.63, 3.8) is 0 Å².